The smallest absolute Gasteiger partial charge is 0.239 e. The SMILES string of the molecule is CC(C)CCN1CCC(N2CCN(S(=O)(=O)Cc3cccc(Cl)c3)CC2)C1=O. The molecule has 8 heteroatoms. The van der Waals surface area contributed by atoms with Gasteiger partial charge in [-0.05, 0) is 36.5 Å². The second-order valence-corrected chi connectivity index (χ2v) is 10.5. The van der Waals surface area contributed by atoms with Crippen LogP contribution in [0, 0.1) is 5.92 Å². The number of nitrogens with zero attached hydrogens (tertiary/aromatic N) is 3. The highest BCUT2D eigenvalue weighted by Crippen LogP contribution is 2.22. The van der Waals surface area contributed by atoms with E-state index in [2.05, 4.69) is 18.7 Å². The van der Waals surface area contributed by atoms with Gasteiger partial charge in [-0.25, -0.2) is 8.42 Å². The average Bonchev–Trinajstić information content (AvgIpc) is 3.00. The highest BCUT2D eigenvalue weighted by molar-refractivity contribution is 7.88. The fraction of sp³-hybridized carbons (Fsp3) is 0.650. The van der Waals surface area contributed by atoms with E-state index in [0.717, 1.165) is 25.9 Å². The van der Waals surface area contributed by atoms with Gasteiger partial charge in [-0.15, -0.1) is 0 Å². The van der Waals surface area contributed by atoms with Crippen molar-refractivity contribution >= 4 is 27.5 Å². The summed E-state index contributed by atoms with van der Waals surface area (Å²) in [7, 11) is -3.39. The standard InChI is InChI=1S/C20H30ClN3O3S/c1-16(2)6-8-23-9-7-19(20(23)25)22-10-12-24(13-11-22)28(26,27)15-17-4-3-5-18(21)14-17/h3-5,14,16,19H,6-13,15H2,1-2H3. The Kier molecular flexibility index (Phi) is 7.02. The molecule has 0 spiro atoms. The summed E-state index contributed by atoms with van der Waals surface area (Å²) in [5, 5.41) is 0.541. The first-order valence-corrected chi connectivity index (χ1v) is 12.0. The van der Waals surface area contributed by atoms with E-state index < -0.39 is 10.0 Å². The maximum atomic E-state index is 12.7. The molecular weight excluding hydrogens is 398 g/mol. The Hall–Kier alpha value is -1.15. The summed E-state index contributed by atoms with van der Waals surface area (Å²) in [6, 6.07) is 6.88. The summed E-state index contributed by atoms with van der Waals surface area (Å²) in [6.45, 7) is 8.02. The molecule has 0 aromatic heterocycles. The Labute approximate surface area is 173 Å². The summed E-state index contributed by atoms with van der Waals surface area (Å²) in [5.74, 6) is 0.745. The van der Waals surface area contributed by atoms with Gasteiger partial charge in [0.1, 0.15) is 0 Å². The fourth-order valence-corrected chi connectivity index (χ4v) is 5.64. The third-order valence-electron chi connectivity index (χ3n) is 5.59. The maximum absolute atomic E-state index is 12.7. The summed E-state index contributed by atoms with van der Waals surface area (Å²) in [4.78, 5) is 16.8. The van der Waals surface area contributed by atoms with E-state index in [1.165, 1.54) is 0 Å². The Morgan fingerprint density at radius 2 is 1.86 bits per heavy atom. The zero-order valence-electron chi connectivity index (χ0n) is 16.7. The van der Waals surface area contributed by atoms with Crippen molar-refractivity contribution in [3.8, 4) is 0 Å². The monoisotopic (exact) mass is 427 g/mol. The molecule has 1 aromatic carbocycles. The normalized spacial score (nSPS) is 22.4. The number of amides is 1. The van der Waals surface area contributed by atoms with Crippen molar-refractivity contribution in [2.75, 3.05) is 39.3 Å². The van der Waals surface area contributed by atoms with Crippen LogP contribution in [0.1, 0.15) is 32.3 Å². The number of rotatable bonds is 7. The second-order valence-electron chi connectivity index (χ2n) is 8.13. The molecule has 1 atom stereocenters. The summed E-state index contributed by atoms with van der Waals surface area (Å²) >= 11 is 5.97. The highest BCUT2D eigenvalue weighted by Gasteiger charge is 2.38. The van der Waals surface area contributed by atoms with Gasteiger partial charge in [0.15, 0.2) is 0 Å². The molecule has 1 unspecified atom stereocenters. The lowest BCUT2D eigenvalue weighted by atomic mass is 10.1. The quantitative estimate of drug-likeness (QED) is 0.670. The number of piperazine rings is 1. The molecule has 2 aliphatic heterocycles. The lowest BCUT2D eigenvalue weighted by Gasteiger charge is -2.36. The number of hydrogen-bond donors (Lipinski definition) is 0. The lowest BCUT2D eigenvalue weighted by Crippen LogP contribution is -2.53. The van der Waals surface area contributed by atoms with E-state index in [1.54, 1.807) is 28.6 Å². The van der Waals surface area contributed by atoms with Gasteiger partial charge in [-0.1, -0.05) is 37.6 Å². The first kappa shape index (κ1) is 21.6. The summed E-state index contributed by atoms with van der Waals surface area (Å²) in [5.41, 5.74) is 0.696. The molecule has 6 nitrogen and oxygen atoms in total. The van der Waals surface area contributed by atoms with Crippen molar-refractivity contribution < 1.29 is 13.2 Å². The van der Waals surface area contributed by atoms with Crippen LogP contribution >= 0.6 is 11.6 Å². The van der Waals surface area contributed by atoms with Gasteiger partial charge in [0.25, 0.3) is 0 Å². The molecule has 0 aliphatic carbocycles. The first-order chi connectivity index (χ1) is 13.3. The van der Waals surface area contributed by atoms with Crippen LogP contribution in [-0.2, 0) is 20.6 Å². The van der Waals surface area contributed by atoms with Crippen LogP contribution in [0.5, 0.6) is 0 Å². The zero-order chi connectivity index (χ0) is 20.3. The Morgan fingerprint density at radius 1 is 1.14 bits per heavy atom. The van der Waals surface area contributed by atoms with Gasteiger partial charge in [-0.2, -0.15) is 4.31 Å². The predicted octanol–water partition coefficient (Wildman–Crippen LogP) is 2.43. The molecule has 1 amide bonds. The van der Waals surface area contributed by atoms with Gasteiger partial charge < -0.3 is 4.90 Å². The lowest BCUT2D eigenvalue weighted by molar-refractivity contribution is -0.132. The fourth-order valence-electron chi connectivity index (χ4n) is 3.92. The molecular formula is C20H30ClN3O3S. The first-order valence-electron chi connectivity index (χ1n) is 10.0. The molecule has 2 aliphatic rings. The molecule has 3 rings (SSSR count). The van der Waals surface area contributed by atoms with Crippen molar-refractivity contribution in [1.82, 2.24) is 14.1 Å². The van der Waals surface area contributed by atoms with Gasteiger partial charge in [-0.3, -0.25) is 9.69 Å². The van der Waals surface area contributed by atoms with Crippen LogP contribution in [0.2, 0.25) is 5.02 Å². The molecule has 0 N–H and O–H groups in total. The van der Waals surface area contributed by atoms with Crippen LogP contribution in [-0.4, -0.2) is 73.7 Å². The Balaban J connectivity index is 1.53. The van der Waals surface area contributed by atoms with Gasteiger partial charge >= 0.3 is 0 Å². The highest BCUT2D eigenvalue weighted by atomic mass is 35.5. The molecule has 2 fully saturated rings. The number of benzene rings is 1. The number of carbonyl (C=O) groups excluding carboxylic acids is 1. The Morgan fingerprint density at radius 3 is 2.50 bits per heavy atom. The van der Waals surface area contributed by atoms with E-state index in [0.29, 0.717) is 42.7 Å². The zero-order valence-corrected chi connectivity index (χ0v) is 18.3. The molecule has 2 heterocycles. The number of halogens is 1. The molecule has 156 valence electrons. The molecule has 28 heavy (non-hydrogen) atoms. The summed E-state index contributed by atoms with van der Waals surface area (Å²) in [6.07, 6.45) is 1.86. The van der Waals surface area contributed by atoms with Crippen molar-refractivity contribution in [2.45, 2.75) is 38.5 Å². The van der Waals surface area contributed by atoms with Crippen LogP contribution in [0.25, 0.3) is 0 Å². The number of sulfonamides is 1. The number of likely N-dealkylation sites (tertiary alicyclic amines) is 1. The van der Waals surface area contributed by atoms with Crippen LogP contribution in [0.15, 0.2) is 24.3 Å². The third-order valence-corrected chi connectivity index (χ3v) is 7.68. The largest absolute Gasteiger partial charge is 0.341 e. The predicted molar refractivity (Wildman–Crippen MR) is 112 cm³/mol. The number of carbonyl (C=O) groups is 1. The maximum Gasteiger partial charge on any atom is 0.239 e. The minimum absolute atomic E-state index is 0.0428. The number of hydrogen-bond acceptors (Lipinski definition) is 4. The molecule has 0 radical (unpaired) electrons. The topological polar surface area (TPSA) is 60.9 Å². The molecule has 1 aromatic rings. The second kappa shape index (κ2) is 9.11. The van der Waals surface area contributed by atoms with Gasteiger partial charge in [0, 0.05) is 44.3 Å². The van der Waals surface area contributed by atoms with Crippen molar-refractivity contribution in [3.05, 3.63) is 34.9 Å². The van der Waals surface area contributed by atoms with E-state index in [4.69, 9.17) is 11.6 Å². The van der Waals surface area contributed by atoms with Crippen LogP contribution in [0.4, 0.5) is 0 Å². The minimum atomic E-state index is -3.39. The van der Waals surface area contributed by atoms with Crippen molar-refractivity contribution in [3.63, 3.8) is 0 Å². The third kappa shape index (κ3) is 5.26. The van der Waals surface area contributed by atoms with E-state index in [1.807, 2.05) is 4.90 Å². The van der Waals surface area contributed by atoms with E-state index >= 15 is 0 Å². The van der Waals surface area contributed by atoms with E-state index in [-0.39, 0.29) is 17.7 Å². The minimum Gasteiger partial charge on any atom is -0.341 e. The van der Waals surface area contributed by atoms with Gasteiger partial charge in [0.05, 0.1) is 11.8 Å². The summed E-state index contributed by atoms with van der Waals surface area (Å²) < 4.78 is 27.0. The van der Waals surface area contributed by atoms with E-state index in [9.17, 15) is 13.2 Å². The van der Waals surface area contributed by atoms with Crippen molar-refractivity contribution in [2.24, 2.45) is 5.92 Å². The van der Waals surface area contributed by atoms with Crippen molar-refractivity contribution in [1.29, 1.82) is 0 Å². The van der Waals surface area contributed by atoms with Crippen LogP contribution in [0.3, 0.4) is 0 Å². The molecule has 0 bridgehead atoms. The molecule has 0 saturated carbocycles. The van der Waals surface area contributed by atoms with Gasteiger partial charge in [0.2, 0.25) is 15.9 Å². The Bertz CT molecular complexity index is 792. The van der Waals surface area contributed by atoms with Crippen LogP contribution < -0.4 is 0 Å². The molecule has 2 saturated heterocycles. The average molecular weight is 428 g/mol.